The van der Waals surface area contributed by atoms with Crippen molar-refractivity contribution in [3.05, 3.63) is 58.3 Å². The molecule has 1 N–H and O–H groups in total. The lowest BCUT2D eigenvalue weighted by Crippen LogP contribution is -2.30. The largest absolute Gasteiger partial charge is 0.488 e. The Morgan fingerprint density at radius 1 is 1.27 bits per heavy atom. The van der Waals surface area contributed by atoms with Gasteiger partial charge >= 0.3 is 6.03 Å². The van der Waals surface area contributed by atoms with Gasteiger partial charge < -0.3 is 10.1 Å². The lowest BCUT2D eigenvalue weighted by molar-refractivity contribution is -0.122. The van der Waals surface area contributed by atoms with E-state index in [4.69, 9.17) is 4.74 Å². The van der Waals surface area contributed by atoms with Crippen molar-refractivity contribution < 1.29 is 14.3 Å². The van der Waals surface area contributed by atoms with E-state index in [1.165, 1.54) is 6.08 Å². The van der Waals surface area contributed by atoms with E-state index in [2.05, 4.69) is 41.1 Å². The Balaban J connectivity index is 2.21. The summed E-state index contributed by atoms with van der Waals surface area (Å²) in [5.74, 6) is 0.393. The maximum atomic E-state index is 12.1. The zero-order valence-corrected chi connectivity index (χ0v) is 14.0. The Morgan fingerprint density at radius 3 is 2.68 bits per heavy atom. The van der Waals surface area contributed by atoms with Gasteiger partial charge in [-0.3, -0.25) is 9.69 Å². The van der Waals surface area contributed by atoms with E-state index in [-0.39, 0.29) is 18.1 Å². The Kier molecular flexibility index (Phi) is 5.37. The summed E-state index contributed by atoms with van der Waals surface area (Å²) in [7, 11) is 0. The number of benzene rings is 1. The summed E-state index contributed by atoms with van der Waals surface area (Å²) in [4.78, 5) is 24.9. The molecule has 0 spiro atoms. The van der Waals surface area contributed by atoms with Crippen LogP contribution in [0.5, 0.6) is 5.75 Å². The molecular weight excluding hydrogens is 395 g/mol. The first-order chi connectivity index (χ1) is 10.6. The maximum absolute atomic E-state index is 12.1. The number of hydrogen-bond donors (Lipinski definition) is 1. The monoisotopic (exact) mass is 410 g/mol. The van der Waals surface area contributed by atoms with Crippen LogP contribution in [0, 0.1) is 3.57 Å². The quantitative estimate of drug-likeness (QED) is 0.340. The van der Waals surface area contributed by atoms with Gasteiger partial charge in [0.2, 0.25) is 0 Å². The van der Waals surface area contributed by atoms with Crippen LogP contribution in [-0.2, 0) is 4.79 Å². The van der Waals surface area contributed by atoms with Crippen molar-refractivity contribution in [3.63, 3.8) is 0 Å². The summed E-state index contributed by atoms with van der Waals surface area (Å²) in [6.07, 6.45) is 4.82. The summed E-state index contributed by atoms with van der Waals surface area (Å²) in [6.45, 7) is 7.76. The summed E-state index contributed by atoms with van der Waals surface area (Å²) in [5.41, 5.74) is 1.06. The van der Waals surface area contributed by atoms with E-state index in [1.54, 1.807) is 12.2 Å². The molecule has 0 aliphatic carbocycles. The number of urea groups is 1. The number of halogens is 1. The highest BCUT2D eigenvalue weighted by Crippen LogP contribution is 2.24. The van der Waals surface area contributed by atoms with Gasteiger partial charge in [-0.25, -0.2) is 4.79 Å². The minimum absolute atomic E-state index is 0.188. The second-order valence-corrected chi connectivity index (χ2v) is 5.64. The van der Waals surface area contributed by atoms with Crippen molar-refractivity contribution in [3.8, 4) is 5.75 Å². The molecule has 0 bridgehead atoms. The van der Waals surface area contributed by atoms with Gasteiger partial charge in [0.15, 0.2) is 0 Å². The standard InChI is InChI=1S/C16H15IN2O3/c1-3-7-19-15(20)13(18-16(19)21)10-11-5-6-14(12(17)9-11)22-8-4-2/h3-6,9-10H,1-2,7-8H2,(H,18,21)/b13-10+. The van der Waals surface area contributed by atoms with Crippen molar-refractivity contribution in [2.24, 2.45) is 0 Å². The van der Waals surface area contributed by atoms with E-state index in [1.807, 2.05) is 18.2 Å². The molecule has 22 heavy (non-hydrogen) atoms. The molecule has 1 aliphatic heterocycles. The SMILES string of the molecule is C=CCOc1ccc(/C=C2/NC(=O)N(CC=C)C2=O)cc1I. The van der Waals surface area contributed by atoms with E-state index >= 15 is 0 Å². The first-order valence-corrected chi connectivity index (χ1v) is 7.63. The number of ether oxygens (including phenoxy) is 1. The average molecular weight is 410 g/mol. The van der Waals surface area contributed by atoms with E-state index in [0.29, 0.717) is 6.61 Å². The molecule has 1 heterocycles. The highest BCUT2D eigenvalue weighted by atomic mass is 127. The molecule has 1 saturated heterocycles. The third-order valence-electron chi connectivity index (χ3n) is 2.90. The van der Waals surface area contributed by atoms with Crippen molar-refractivity contribution in [2.75, 3.05) is 13.2 Å². The minimum atomic E-state index is -0.434. The first kappa shape index (κ1) is 16.3. The molecule has 1 aliphatic rings. The normalized spacial score (nSPS) is 15.9. The number of nitrogens with zero attached hydrogens (tertiary/aromatic N) is 1. The molecule has 0 atom stereocenters. The van der Waals surface area contributed by atoms with Gasteiger partial charge in [-0.2, -0.15) is 0 Å². The summed E-state index contributed by atoms with van der Waals surface area (Å²) in [6, 6.07) is 5.09. The van der Waals surface area contributed by atoms with Crippen molar-refractivity contribution in [1.29, 1.82) is 0 Å². The summed E-state index contributed by atoms with van der Waals surface area (Å²) < 4.78 is 6.41. The van der Waals surface area contributed by atoms with Crippen LogP contribution < -0.4 is 10.1 Å². The van der Waals surface area contributed by atoms with Crippen LogP contribution in [-0.4, -0.2) is 30.0 Å². The van der Waals surface area contributed by atoms with Gasteiger partial charge in [-0.15, -0.1) is 6.58 Å². The third kappa shape index (κ3) is 3.56. The molecule has 0 aromatic heterocycles. The van der Waals surface area contributed by atoms with Crippen molar-refractivity contribution in [1.82, 2.24) is 10.2 Å². The molecule has 1 fully saturated rings. The molecule has 114 valence electrons. The van der Waals surface area contributed by atoms with Gasteiger partial charge in [0.25, 0.3) is 5.91 Å². The number of hydrogen-bond acceptors (Lipinski definition) is 3. The fourth-order valence-corrected chi connectivity index (χ4v) is 2.60. The van der Waals surface area contributed by atoms with Crippen LogP contribution in [0.3, 0.4) is 0 Å². The van der Waals surface area contributed by atoms with Crippen LogP contribution in [0.1, 0.15) is 5.56 Å². The van der Waals surface area contributed by atoms with Crippen LogP contribution in [0.4, 0.5) is 4.79 Å². The van der Waals surface area contributed by atoms with Gasteiger partial charge in [-0.1, -0.05) is 24.8 Å². The highest BCUT2D eigenvalue weighted by molar-refractivity contribution is 14.1. The second-order valence-electron chi connectivity index (χ2n) is 4.48. The maximum Gasteiger partial charge on any atom is 0.329 e. The molecule has 3 amide bonds. The molecule has 0 saturated carbocycles. The minimum Gasteiger partial charge on any atom is -0.488 e. The number of carbonyl (C=O) groups excluding carboxylic acids is 2. The van der Waals surface area contributed by atoms with E-state index in [9.17, 15) is 9.59 Å². The highest BCUT2D eigenvalue weighted by Gasteiger charge is 2.32. The number of rotatable bonds is 6. The molecule has 5 nitrogen and oxygen atoms in total. The van der Waals surface area contributed by atoms with Gasteiger partial charge in [-0.05, 0) is 46.4 Å². The zero-order chi connectivity index (χ0) is 16.1. The van der Waals surface area contributed by atoms with Crippen molar-refractivity contribution in [2.45, 2.75) is 0 Å². The second kappa shape index (κ2) is 7.26. The van der Waals surface area contributed by atoms with Crippen LogP contribution in [0.2, 0.25) is 0 Å². The molecule has 1 aromatic rings. The molecule has 0 unspecified atom stereocenters. The van der Waals surface area contributed by atoms with Crippen LogP contribution in [0.15, 0.2) is 49.2 Å². The Hall–Kier alpha value is -2.09. The predicted molar refractivity (Wildman–Crippen MR) is 93.3 cm³/mol. The smallest absolute Gasteiger partial charge is 0.329 e. The Bertz CT molecular complexity index is 667. The summed E-state index contributed by atoms with van der Waals surface area (Å²) >= 11 is 2.15. The Morgan fingerprint density at radius 2 is 2.05 bits per heavy atom. The molecule has 0 radical (unpaired) electrons. The molecule has 6 heteroatoms. The predicted octanol–water partition coefficient (Wildman–Crippen LogP) is 2.93. The number of amides is 3. The lowest BCUT2D eigenvalue weighted by atomic mass is 10.2. The number of imide groups is 1. The lowest BCUT2D eigenvalue weighted by Gasteiger charge is -2.07. The third-order valence-corrected chi connectivity index (χ3v) is 3.74. The van der Waals surface area contributed by atoms with Crippen molar-refractivity contribution >= 4 is 40.6 Å². The van der Waals surface area contributed by atoms with E-state index in [0.717, 1.165) is 19.8 Å². The fraction of sp³-hybridized carbons (Fsp3) is 0.125. The fourth-order valence-electron chi connectivity index (χ4n) is 1.91. The van der Waals surface area contributed by atoms with Crippen LogP contribution in [0.25, 0.3) is 6.08 Å². The van der Waals surface area contributed by atoms with Crippen LogP contribution >= 0.6 is 22.6 Å². The molecule has 1 aromatic carbocycles. The number of carbonyl (C=O) groups is 2. The topological polar surface area (TPSA) is 58.6 Å². The zero-order valence-electron chi connectivity index (χ0n) is 11.8. The molecular formula is C16H15IN2O3. The first-order valence-electron chi connectivity index (χ1n) is 6.55. The summed E-state index contributed by atoms with van der Waals surface area (Å²) in [5, 5.41) is 2.56. The molecule has 2 rings (SSSR count). The Labute approximate surface area is 142 Å². The average Bonchev–Trinajstić information content (AvgIpc) is 2.74. The van der Waals surface area contributed by atoms with Gasteiger partial charge in [0.05, 0.1) is 3.57 Å². The van der Waals surface area contributed by atoms with E-state index < -0.39 is 6.03 Å². The number of nitrogens with one attached hydrogen (secondary N) is 1. The van der Waals surface area contributed by atoms with Gasteiger partial charge in [0.1, 0.15) is 18.1 Å². The van der Waals surface area contributed by atoms with Gasteiger partial charge in [0, 0.05) is 6.54 Å².